The van der Waals surface area contributed by atoms with Gasteiger partial charge in [-0.15, -0.1) is 0 Å². The molecule has 2 saturated heterocycles. The summed E-state index contributed by atoms with van der Waals surface area (Å²) in [7, 11) is 0. The molecule has 0 saturated carbocycles. The highest BCUT2D eigenvalue weighted by atomic mass is 79.9. The number of ether oxygens (including phenoxy) is 2. The number of carbonyl (C=O) groups is 2. The van der Waals surface area contributed by atoms with Crippen molar-refractivity contribution in [2.45, 2.75) is 31.6 Å². The van der Waals surface area contributed by atoms with Crippen LogP contribution >= 0.6 is 27.5 Å². The molecule has 1 amide bonds. The van der Waals surface area contributed by atoms with Crippen LogP contribution in [0.5, 0.6) is 0 Å². The molecular formula is C22H22BrClN2O4. The van der Waals surface area contributed by atoms with E-state index in [9.17, 15) is 9.59 Å². The summed E-state index contributed by atoms with van der Waals surface area (Å²) in [5, 5.41) is 0.707. The maximum atomic E-state index is 12.5. The van der Waals surface area contributed by atoms with E-state index in [0.29, 0.717) is 18.0 Å². The molecule has 0 aliphatic carbocycles. The molecule has 6 nitrogen and oxygen atoms in total. The molecule has 8 heteroatoms. The van der Waals surface area contributed by atoms with Gasteiger partial charge in [-0.1, -0.05) is 29.8 Å². The van der Waals surface area contributed by atoms with Crippen molar-refractivity contribution < 1.29 is 19.1 Å². The van der Waals surface area contributed by atoms with Crippen molar-refractivity contribution in [3.05, 3.63) is 63.1 Å². The Kier molecular flexibility index (Phi) is 6.32. The first-order valence-electron chi connectivity index (χ1n) is 9.79. The summed E-state index contributed by atoms with van der Waals surface area (Å²) in [5.41, 5.74) is 2.43. The Morgan fingerprint density at radius 3 is 2.50 bits per heavy atom. The summed E-state index contributed by atoms with van der Waals surface area (Å²) >= 11 is 9.56. The fourth-order valence-electron chi connectivity index (χ4n) is 4.00. The normalized spacial score (nSPS) is 18.5. The van der Waals surface area contributed by atoms with Crippen molar-refractivity contribution >= 4 is 45.8 Å². The van der Waals surface area contributed by atoms with E-state index < -0.39 is 5.60 Å². The van der Waals surface area contributed by atoms with Crippen LogP contribution in [0.25, 0.3) is 0 Å². The van der Waals surface area contributed by atoms with Gasteiger partial charge < -0.3 is 9.47 Å². The van der Waals surface area contributed by atoms with E-state index in [1.54, 1.807) is 4.90 Å². The van der Waals surface area contributed by atoms with Crippen molar-refractivity contribution in [2.24, 2.45) is 0 Å². The number of anilines is 1. The lowest BCUT2D eigenvalue weighted by Gasteiger charge is -2.37. The van der Waals surface area contributed by atoms with Crippen LogP contribution in [0, 0.1) is 0 Å². The number of likely N-dealkylation sites (tertiary alicyclic amines) is 1. The average Bonchev–Trinajstić information content (AvgIpc) is 3.07. The van der Waals surface area contributed by atoms with Gasteiger partial charge in [0.15, 0.2) is 0 Å². The molecule has 2 aromatic rings. The number of amides is 1. The van der Waals surface area contributed by atoms with Crippen molar-refractivity contribution in [3.63, 3.8) is 0 Å². The monoisotopic (exact) mass is 492 g/mol. The highest BCUT2D eigenvalue weighted by molar-refractivity contribution is 9.10. The first kappa shape index (κ1) is 21.2. The second kappa shape index (κ2) is 8.96. The number of hydrogen-bond donors (Lipinski definition) is 0. The van der Waals surface area contributed by atoms with Crippen molar-refractivity contribution in [1.29, 1.82) is 0 Å². The molecule has 0 unspecified atom stereocenters. The Morgan fingerprint density at radius 2 is 1.83 bits per heavy atom. The van der Waals surface area contributed by atoms with Gasteiger partial charge in [-0.3, -0.25) is 14.6 Å². The minimum Gasteiger partial charge on any atom is -0.463 e. The average molecular weight is 494 g/mol. The van der Waals surface area contributed by atoms with Gasteiger partial charge in [0.05, 0.1) is 11.6 Å². The molecule has 2 aliphatic heterocycles. The predicted octanol–water partition coefficient (Wildman–Crippen LogP) is 4.77. The van der Waals surface area contributed by atoms with Crippen LogP contribution in [0.4, 0.5) is 10.5 Å². The molecule has 158 valence electrons. The zero-order chi connectivity index (χ0) is 21.1. The Bertz CT molecular complexity index is 929. The fraction of sp³-hybridized carbons (Fsp3) is 0.364. The Morgan fingerprint density at radius 1 is 1.13 bits per heavy atom. The van der Waals surface area contributed by atoms with Gasteiger partial charge in [0.25, 0.3) is 6.47 Å². The highest BCUT2D eigenvalue weighted by Crippen LogP contribution is 2.36. The second-order valence-corrected chi connectivity index (χ2v) is 9.00. The lowest BCUT2D eigenvalue weighted by Crippen LogP contribution is -2.46. The quantitative estimate of drug-likeness (QED) is 0.543. The van der Waals surface area contributed by atoms with Crippen LogP contribution in [0.3, 0.4) is 0 Å². The molecule has 2 aliphatic rings. The van der Waals surface area contributed by atoms with Crippen LogP contribution in [0.15, 0.2) is 46.9 Å². The molecular weight excluding hydrogens is 472 g/mol. The fourth-order valence-corrected chi connectivity index (χ4v) is 4.54. The number of rotatable bonds is 6. The van der Waals surface area contributed by atoms with Gasteiger partial charge in [0.1, 0.15) is 12.2 Å². The molecule has 30 heavy (non-hydrogen) atoms. The molecule has 0 N–H and O–H groups in total. The van der Waals surface area contributed by atoms with Gasteiger partial charge in [0, 0.05) is 42.6 Å². The molecule has 2 heterocycles. The molecule has 2 fully saturated rings. The molecule has 0 bridgehead atoms. The van der Waals surface area contributed by atoms with Gasteiger partial charge in [0.2, 0.25) is 0 Å². The highest BCUT2D eigenvalue weighted by Gasteiger charge is 2.47. The largest absolute Gasteiger partial charge is 0.463 e. The number of halogens is 2. The predicted molar refractivity (Wildman–Crippen MR) is 118 cm³/mol. The van der Waals surface area contributed by atoms with Crippen molar-refractivity contribution in [1.82, 2.24) is 4.90 Å². The molecule has 1 spiro atoms. The molecule has 0 atom stereocenters. The minimum atomic E-state index is -0.437. The third-order valence-electron chi connectivity index (χ3n) is 5.69. The number of nitrogens with zero attached hydrogens (tertiary/aromatic N) is 2. The minimum absolute atomic E-state index is 0.220. The molecule has 0 radical (unpaired) electrons. The zero-order valence-electron chi connectivity index (χ0n) is 16.4. The molecule has 4 rings (SSSR count). The van der Waals surface area contributed by atoms with Crippen LogP contribution in [-0.2, 0) is 27.4 Å². The lowest BCUT2D eigenvalue weighted by molar-refractivity contribution is -0.129. The van der Waals surface area contributed by atoms with E-state index in [2.05, 4.69) is 20.8 Å². The second-order valence-electron chi connectivity index (χ2n) is 7.74. The van der Waals surface area contributed by atoms with Crippen LogP contribution in [0.2, 0.25) is 5.02 Å². The summed E-state index contributed by atoms with van der Waals surface area (Å²) in [6.45, 7) is 3.77. The van der Waals surface area contributed by atoms with Gasteiger partial charge in [-0.05, 0) is 51.3 Å². The van der Waals surface area contributed by atoms with E-state index in [1.165, 1.54) is 5.56 Å². The standard InChI is InChI=1S/C22H22BrClN2O4/c23-19-11-17(3-6-20(19)24)12-25-9-7-22(8-10-25)14-26(21(28)30-22)18-4-1-16(2-5-18)13-29-15-27/h1-6,11,15H,7-10,12-14H2. The summed E-state index contributed by atoms with van der Waals surface area (Å²) in [4.78, 5) is 26.9. The first-order valence-corrected chi connectivity index (χ1v) is 11.0. The third-order valence-corrected chi connectivity index (χ3v) is 6.91. The van der Waals surface area contributed by atoms with Crippen molar-refractivity contribution in [3.8, 4) is 0 Å². The number of piperidine rings is 1. The third kappa shape index (κ3) is 4.63. The summed E-state index contributed by atoms with van der Waals surface area (Å²) in [6, 6.07) is 13.4. The van der Waals surface area contributed by atoms with E-state index in [0.717, 1.165) is 48.2 Å². The first-order chi connectivity index (χ1) is 14.5. The smallest absolute Gasteiger partial charge is 0.415 e. The summed E-state index contributed by atoms with van der Waals surface area (Å²) in [6.07, 6.45) is 1.30. The van der Waals surface area contributed by atoms with Gasteiger partial charge in [-0.25, -0.2) is 4.79 Å². The van der Waals surface area contributed by atoms with Crippen molar-refractivity contribution in [2.75, 3.05) is 24.5 Å². The van der Waals surface area contributed by atoms with Crippen LogP contribution in [-0.4, -0.2) is 42.7 Å². The van der Waals surface area contributed by atoms with E-state index >= 15 is 0 Å². The maximum Gasteiger partial charge on any atom is 0.415 e. The topological polar surface area (TPSA) is 59.1 Å². The number of benzene rings is 2. The lowest BCUT2D eigenvalue weighted by atomic mass is 9.91. The Balaban J connectivity index is 1.35. The molecule has 2 aromatic carbocycles. The maximum absolute atomic E-state index is 12.5. The Labute approximate surface area is 188 Å². The summed E-state index contributed by atoms with van der Waals surface area (Å²) < 4.78 is 11.5. The Hall–Kier alpha value is -2.09. The van der Waals surface area contributed by atoms with E-state index in [-0.39, 0.29) is 12.7 Å². The van der Waals surface area contributed by atoms with Crippen LogP contribution in [0.1, 0.15) is 24.0 Å². The van der Waals surface area contributed by atoms with Gasteiger partial charge in [-0.2, -0.15) is 0 Å². The number of carbonyl (C=O) groups excluding carboxylic acids is 2. The SMILES string of the molecule is O=COCc1ccc(N2CC3(CCN(Cc4ccc(Cl)c(Br)c4)CC3)OC2=O)cc1. The van der Waals surface area contributed by atoms with Crippen LogP contribution < -0.4 is 4.90 Å². The van der Waals surface area contributed by atoms with E-state index in [4.69, 9.17) is 21.1 Å². The summed E-state index contributed by atoms with van der Waals surface area (Å²) in [5.74, 6) is 0. The molecule has 0 aromatic heterocycles. The van der Waals surface area contributed by atoms with E-state index in [1.807, 2.05) is 42.5 Å². The zero-order valence-corrected chi connectivity index (χ0v) is 18.7. The van der Waals surface area contributed by atoms with Gasteiger partial charge >= 0.3 is 6.09 Å². The number of hydrogen-bond acceptors (Lipinski definition) is 5.